The summed E-state index contributed by atoms with van der Waals surface area (Å²) in [6.45, 7) is 7.26. The lowest BCUT2D eigenvalue weighted by Gasteiger charge is -2.36. The first-order valence-corrected chi connectivity index (χ1v) is 5.64. The number of hydrogen-bond donors (Lipinski definition) is 1. The third kappa shape index (κ3) is 2.84. The Morgan fingerprint density at radius 1 is 1.38 bits per heavy atom. The topological polar surface area (TPSA) is 43.6 Å². The van der Waals surface area contributed by atoms with E-state index in [1.807, 2.05) is 26.0 Å². The summed E-state index contributed by atoms with van der Waals surface area (Å²) in [5.74, 6) is 0.483. The Morgan fingerprint density at radius 3 is 2.62 bits per heavy atom. The number of hydrogen-bond acceptors (Lipinski definition) is 4. The molecule has 0 spiro atoms. The van der Waals surface area contributed by atoms with Gasteiger partial charge in [0.25, 0.3) is 0 Å². The van der Waals surface area contributed by atoms with Crippen molar-refractivity contribution >= 4 is 0 Å². The van der Waals surface area contributed by atoms with Crippen LogP contribution in [-0.2, 0) is 9.47 Å². The number of ether oxygens (including phenoxy) is 2. The molecule has 4 heteroatoms. The van der Waals surface area contributed by atoms with E-state index in [1.165, 1.54) is 0 Å². The van der Waals surface area contributed by atoms with Crippen molar-refractivity contribution in [2.75, 3.05) is 13.2 Å². The van der Waals surface area contributed by atoms with Crippen LogP contribution in [0.2, 0.25) is 0 Å². The van der Waals surface area contributed by atoms with Gasteiger partial charge < -0.3 is 19.2 Å². The summed E-state index contributed by atoms with van der Waals surface area (Å²) in [4.78, 5) is 0. The number of rotatable bonds is 3. The molecule has 1 atom stereocenters. The Morgan fingerprint density at radius 2 is 2.06 bits per heavy atom. The van der Waals surface area contributed by atoms with Crippen molar-refractivity contribution in [2.45, 2.75) is 38.6 Å². The fourth-order valence-electron chi connectivity index (χ4n) is 1.76. The highest BCUT2D eigenvalue weighted by atomic mass is 16.7. The predicted molar refractivity (Wildman–Crippen MR) is 60.0 cm³/mol. The van der Waals surface area contributed by atoms with Crippen molar-refractivity contribution in [1.29, 1.82) is 0 Å². The van der Waals surface area contributed by atoms with Crippen molar-refractivity contribution in [3.05, 3.63) is 24.2 Å². The van der Waals surface area contributed by atoms with Gasteiger partial charge in [-0.05, 0) is 32.9 Å². The van der Waals surface area contributed by atoms with Gasteiger partial charge in [-0.25, -0.2) is 0 Å². The molecule has 16 heavy (non-hydrogen) atoms. The molecule has 0 saturated carbocycles. The lowest BCUT2D eigenvalue weighted by Crippen LogP contribution is -2.49. The molecule has 1 saturated heterocycles. The van der Waals surface area contributed by atoms with Crippen LogP contribution in [0.25, 0.3) is 0 Å². The molecule has 2 rings (SSSR count). The summed E-state index contributed by atoms with van der Waals surface area (Å²) in [7, 11) is 0. The molecule has 1 aliphatic rings. The van der Waals surface area contributed by atoms with Crippen LogP contribution in [-0.4, -0.2) is 25.0 Å². The van der Waals surface area contributed by atoms with E-state index in [-0.39, 0.29) is 12.1 Å². The number of furan rings is 1. The van der Waals surface area contributed by atoms with Crippen LogP contribution >= 0.6 is 0 Å². The molecule has 90 valence electrons. The van der Waals surface area contributed by atoms with Gasteiger partial charge in [-0.2, -0.15) is 0 Å². The van der Waals surface area contributed by atoms with Gasteiger partial charge in [0, 0.05) is 0 Å². The zero-order valence-corrected chi connectivity index (χ0v) is 10.0. The minimum absolute atomic E-state index is 0.174. The molecule has 1 aromatic rings. The van der Waals surface area contributed by atoms with Crippen LogP contribution in [0.3, 0.4) is 0 Å². The molecular formula is C12H19NO3. The Labute approximate surface area is 95.9 Å². The molecule has 0 amide bonds. The second-order valence-electron chi connectivity index (χ2n) is 4.62. The van der Waals surface area contributed by atoms with Crippen LogP contribution < -0.4 is 5.32 Å². The summed E-state index contributed by atoms with van der Waals surface area (Å²) in [6, 6.07) is 4.25. The molecule has 1 fully saturated rings. The minimum Gasteiger partial charge on any atom is -0.468 e. The van der Waals surface area contributed by atoms with Crippen molar-refractivity contribution < 1.29 is 13.9 Å². The van der Waals surface area contributed by atoms with Gasteiger partial charge in [0.1, 0.15) is 5.76 Å². The van der Waals surface area contributed by atoms with Gasteiger partial charge in [0.15, 0.2) is 5.79 Å². The highest BCUT2D eigenvalue weighted by molar-refractivity contribution is 5.03. The normalized spacial score (nSPS) is 23.2. The second-order valence-corrected chi connectivity index (χ2v) is 4.62. The zero-order chi connectivity index (χ0) is 11.6. The van der Waals surface area contributed by atoms with Gasteiger partial charge in [-0.15, -0.1) is 0 Å². The summed E-state index contributed by atoms with van der Waals surface area (Å²) < 4.78 is 16.5. The van der Waals surface area contributed by atoms with E-state index >= 15 is 0 Å². The molecule has 1 aromatic heterocycles. The lowest BCUT2D eigenvalue weighted by molar-refractivity contribution is -0.253. The van der Waals surface area contributed by atoms with Crippen molar-refractivity contribution in [2.24, 2.45) is 0 Å². The van der Waals surface area contributed by atoms with Crippen LogP contribution in [0.4, 0.5) is 0 Å². The predicted octanol–water partition coefficient (Wildman–Crippen LogP) is 2.08. The van der Waals surface area contributed by atoms with E-state index in [4.69, 9.17) is 13.9 Å². The van der Waals surface area contributed by atoms with E-state index in [9.17, 15) is 0 Å². The second kappa shape index (κ2) is 4.57. The summed E-state index contributed by atoms with van der Waals surface area (Å²) in [6.07, 6.45) is 1.69. The lowest BCUT2D eigenvalue weighted by atomic mass is 10.2. The van der Waals surface area contributed by atoms with Gasteiger partial charge in [-0.3, -0.25) is 0 Å². The SMILES string of the molecule is CC(NC1COC(C)(C)OC1)c1ccco1. The third-order valence-corrected chi connectivity index (χ3v) is 2.72. The maximum Gasteiger partial charge on any atom is 0.162 e. The molecular weight excluding hydrogens is 206 g/mol. The van der Waals surface area contributed by atoms with Crippen LogP contribution in [0.15, 0.2) is 22.8 Å². The van der Waals surface area contributed by atoms with Crippen LogP contribution in [0, 0.1) is 0 Å². The molecule has 1 aliphatic heterocycles. The Hall–Kier alpha value is -0.840. The summed E-state index contributed by atoms with van der Waals surface area (Å²) in [5.41, 5.74) is 0. The Kier molecular flexibility index (Phi) is 3.33. The first-order valence-electron chi connectivity index (χ1n) is 5.64. The van der Waals surface area contributed by atoms with Gasteiger partial charge >= 0.3 is 0 Å². The van der Waals surface area contributed by atoms with Gasteiger partial charge in [-0.1, -0.05) is 0 Å². The molecule has 0 aromatic carbocycles. The van der Waals surface area contributed by atoms with Crippen molar-refractivity contribution in [3.8, 4) is 0 Å². The first-order chi connectivity index (χ1) is 7.57. The zero-order valence-electron chi connectivity index (χ0n) is 10.0. The molecule has 0 aliphatic carbocycles. The quantitative estimate of drug-likeness (QED) is 0.855. The average Bonchev–Trinajstić information content (AvgIpc) is 2.74. The van der Waals surface area contributed by atoms with E-state index in [0.29, 0.717) is 13.2 Å². The molecule has 0 bridgehead atoms. The molecule has 2 heterocycles. The third-order valence-electron chi connectivity index (χ3n) is 2.72. The smallest absolute Gasteiger partial charge is 0.162 e. The van der Waals surface area contributed by atoms with Crippen LogP contribution in [0.5, 0.6) is 0 Å². The minimum atomic E-state index is -0.452. The van der Waals surface area contributed by atoms with E-state index in [2.05, 4.69) is 12.2 Å². The standard InChI is InChI=1S/C12H19NO3/c1-9(11-5-4-6-14-11)13-10-7-15-12(2,3)16-8-10/h4-6,9-10,13H,7-8H2,1-3H3. The highest BCUT2D eigenvalue weighted by Crippen LogP contribution is 2.19. The van der Waals surface area contributed by atoms with E-state index in [1.54, 1.807) is 6.26 Å². The molecule has 4 nitrogen and oxygen atoms in total. The fraction of sp³-hybridized carbons (Fsp3) is 0.667. The van der Waals surface area contributed by atoms with Gasteiger partial charge in [0.2, 0.25) is 0 Å². The number of nitrogens with one attached hydrogen (secondary N) is 1. The first kappa shape index (κ1) is 11.6. The summed E-state index contributed by atoms with van der Waals surface area (Å²) >= 11 is 0. The van der Waals surface area contributed by atoms with E-state index in [0.717, 1.165) is 5.76 Å². The highest BCUT2D eigenvalue weighted by Gasteiger charge is 2.29. The fourth-order valence-corrected chi connectivity index (χ4v) is 1.76. The van der Waals surface area contributed by atoms with Gasteiger partial charge in [0.05, 0.1) is 31.6 Å². The maximum atomic E-state index is 5.58. The van der Waals surface area contributed by atoms with Crippen molar-refractivity contribution in [1.82, 2.24) is 5.32 Å². The summed E-state index contributed by atoms with van der Waals surface area (Å²) in [5, 5.41) is 3.42. The largest absolute Gasteiger partial charge is 0.468 e. The average molecular weight is 225 g/mol. The molecule has 1 N–H and O–H groups in total. The molecule has 1 unspecified atom stereocenters. The van der Waals surface area contributed by atoms with Crippen LogP contribution in [0.1, 0.15) is 32.6 Å². The maximum absolute atomic E-state index is 5.58. The monoisotopic (exact) mass is 225 g/mol. The van der Waals surface area contributed by atoms with Crippen molar-refractivity contribution in [3.63, 3.8) is 0 Å². The van der Waals surface area contributed by atoms with E-state index < -0.39 is 5.79 Å². The Balaban J connectivity index is 1.83. The Bertz CT molecular complexity index is 311. The molecule has 0 radical (unpaired) electrons.